The average molecular weight is 1640 g/mol. The number of carbonyl (C=O) groups excluding carboxylic acids is 6. The number of rotatable bonds is 11. The van der Waals surface area contributed by atoms with E-state index in [0.717, 1.165) is 72.3 Å². The first-order chi connectivity index (χ1) is 51.2. The van der Waals surface area contributed by atoms with Crippen molar-refractivity contribution in [2.24, 2.45) is 0 Å². The number of carbonyl (C=O) groups is 7. The third-order valence-corrected chi connectivity index (χ3v) is 16.7. The molecule has 6 aliphatic rings. The Morgan fingerprint density at radius 1 is 0.487 bits per heavy atom. The van der Waals surface area contributed by atoms with E-state index in [0.29, 0.717) is 128 Å². The number of amides is 3. The van der Waals surface area contributed by atoms with Gasteiger partial charge in [0.25, 0.3) is 6.47 Å². The summed E-state index contributed by atoms with van der Waals surface area (Å²) in [5, 5.41) is 20.8. The normalized spacial score (nSPS) is 14.8. The van der Waals surface area contributed by atoms with Gasteiger partial charge in [0.1, 0.15) is 50.9 Å². The zero-order chi connectivity index (χ0) is 78.6. The van der Waals surface area contributed by atoms with Crippen LogP contribution < -0.4 is 174 Å². The standard InChI is InChI=1S/C23H32N8O4.C21H28N8O4.C16H25N5O2.C7H8ClN3O2.CH2O3.CH4.2K.Li.H2O.H/c1-5-34-19(32)16-13-26-21(28-18(16)24)30-10-8-29(9-11-30)20-25-12-15-14-31(7-6-17(15)27-20)22(33)35-23(2,3)4;1-21(2,3)33-20(32)29-5-4-15-13(12-29)10-23-18(25-15)27-6-8-28(9-7-27)19-24-11-14(17(30)31)16(22)26-19;1-16(2,3)23-15(22)21-7-4-13-12(11-21)10-18-14(19-13)20-8-5-17-6-9-20;1-2-13-6(12)4-3-10-7(8)11-5(4)9;2-1-4-3;;;;;;/h12-13H,5-11,14H2,1-4H3,(H2,24,26,28);10-11H,4-9,12H2,1-3H3,(H,30,31)(H2,22,24,26);10,17H,4-9,11H2,1-3H3;3H,2H2,1H3,(H2,9,10,11);1,3H;1H4;;;;1H2;/q;;;;;;3*+1;;-1/p-2. The van der Waals surface area contributed by atoms with E-state index in [-0.39, 0.29) is 213 Å². The first kappa shape index (κ1) is 99.8. The molecule has 9 N–H and O–H groups in total. The summed E-state index contributed by atoms with van der Waals surface area (Å²) < 4.78 is 26.1. The molecule has 0 atom stereocenters. The number of nitrogens with zero attached hydrogens (tertiary/aromatic N) is 20. The first-order valence-electron chi connectivity index (χ1n) is 35.0. The average Bonchev–Trinajstić information content (AvgIpc) is 0.808. The van der Waals surface area contributed by atoms with Crippen LogP contribution in [0.2, 0.25) is 5.28 Å². The Morgan fingerprint density at radius 3 is 1.04 bits per heavy atom. The molecule has 40 nitrogen and oxygen atoms in total. The van der Waals surface area contributed by atoms with Crippen LogP contribution in [0.3, 0.4) is 0 Å². The molecule has 44 heteroatoms. The molecule has 113 heavy (non-hydrogen) atoms. The molecule has 6 aliphatic heterocycles. The van der Waals surface area contributed by atoms with Crippen LogP contribution in [0.25, 0.3) is 0 Å². The van der Waals surface area contributed by atoms with E-state index in [9.17, 15) is 28.8 Å². The van der Waals surface area contributed by atoms with Crippen LogP contribution >= 0.6 is 11.6 Å². The number of hydrogen-bond donors (Lipinski definition) is 5. The molecule has 0 aromatic carbocycles. The van der Waals surface area contributed by atoms with Gasteiger partial charge >= 0.3 is 158 Å². The van der Waals surface area contributed by atoms with Crippen molar-refractivity contribution >= 4 is 101 Å². The van der Waals surface area contributed by atoms with Crippen molar-refractivity contribution in [1.29, 1.82) is 0 Å². The Bertz CT molecular complexity index is 4160. The molecule has 6 aromatic heterocycles. The predicted molar refractivity (Wildman–Crippen MR) is 401 cm³/mol. The minimum Gasteiger partial charge on any atom is -1.00 e. The van der Waals surface area contributed by atoms with E-state index in [4.69, 9.17) is 82.6 Å². The molecule has 12 heterocycles. The van der Waals surface area contributed by atoms with Crippen LogP contribution in [0.1, 0.15) is 150 Å². The Labute approximate surface area is 759 Å². The second-order valence-electron chi connectivity index (χ2n) is 27.9. The van der Waals surface area contributed by atoms with Crippen LogP contribution in [-0.4, -0.2) is 256 Å². The van der Waals surface area contributed by atoms with Gasteiger partial charge in [0.2, 0.25) is 35.0 Å². The zero-order valence-electron chi connectivity index (χ0n) is 67.0. The maximum absolute atomic E-state index is 12.4. The van der Waals surface area contributed by atoms with Crippen LogP contribution in [-0.2, 0) is 72.3 Å². The first-order valence-corrected chi connectivity index (χ1v) is 35.4. The molecular weight excluding hydrogens is 1540 g/mol. The Hall–Kier alpha value is -7.39. The smallest absolute Gasteiger partial charge is 1.00 e. The second kappa shape index (κ2) is 46.4. The fraction of sp³-hybridized carbons (Fsp3) is 0.551. The Morgan fingerprint density at radius 2 is 0.761 bits per heavy atom. The van der Waals surface area contributed by atoms with Crippen LogP contribution in [0.15, 0.2) is 37.2 Å². The van der Waals surface area contributed by atoms with Crippen molar-refractivity contribution in [3.05, 3.63) is 92.9 Å². The number of aromatic carboxylic acids is 1. The number of nitrogen functional groups attached to an aromatic ring is 3. The van der Waals surface area contributed by atoms with Crippen molar-refractivity contribution in [2.75, 3.05) is 153 Å². The fourth-order valence-corrected chi connectivity index (χ4v) is 11.4. The Kier molecular flexibility index (Phi) is 41.0. The summed E-state index contributed by atoms with van der Waals surface area (Å²) >= 11 is 5.44. The van der Waals surface area contributed by atoms with Gasteiger partial charge in [-0.1, -0.05) is 7.43 Å². The monoisotopic (exact) mass is 1640 g/mol. The third-order valence-electron chi connectivity index (χ3n) is 16.5. The topological polar surface area (TPSA) is 519 Å². The number of nitrogens with one attached hydrogen (secondary N) is 1. The van der Waals surface area contributed by atoms with Gasteiger partial charge in [-0.3, -0.25) is 4.79 Å². The minimum absolute atomic E-state index is 0. The van der Waals surface area contributed by atoms with Gasteiger partial charge in [-0.25, -0.2) is 78.6 Å². The number of carboxylic acid groups (broad SMARTS) is 1. The molecule has 6 aromatic rings. The molecular formula is C69H100ClK2LiN24O16. The summed E-state index contributed by atoms with van der Waals surface area (Å²) in [5.41, 5.74) is 21.6. The summed E-state index contributed by atoms with van der Waals surface area (Å²) in [5.74, 6) is 0.874. The number of ether oxygens (including phenoxy) is 5. The number of hydrogen-bond acceptors (Lipinski definition) is 36. The molecule has 0 saturated carbocycles. The van der Waals surface area contributed by atoms with Gasteiger partial charge in [0.05, 0.1) is 49.9 Å². The summed E-state index contributed by atoms with van der Waals surface area (Å²) in [7, 11) is 0. The van der Waals surface area contributed by atoms with Crippen molar-refractivity contribution in [1.82, 2.24) is 79.8 Å². The largest absolute Gasteiger partial charge is 1.00 e. The van der Waals surface area contributed by atoms with Crippen molar-refractivity contribution in [3.8, 4) is 0 Å². The predicted octanol–water partition coefficient (Wildman–Crippen LogP) is -5.10. The zero-order valence-corrected chi connectivity index (χ0v) is 73.0. The van der Waals surface area contributed by atoms with Crippen molar-refractivity contribution in [2.45, 2.75) is 139 Å². The van der Waals surface area contributed by atoms with E-state index in [1.807, 2.05) is 78.3 Å². The van der Waals surface area contributed by atoms with E-state index in [1.165, 1.54) is 18.6 Å². The maximum atomic E-state index is 12.4. The van der Waals surface area contributed by atoms with E-state index in [2.05, 4.69) is 69.8 Å². The molecule has 0 unspecified atom stereocenters. The van der Waals surface area contributed by atoms with E-state index < -0.39 is 34.7 Å². The molecule has 3 fully saturated rings. The second-order valence-corrected chi connectivity index (χ2v) is 28.2. The molecule has 0 radical (unpaired) electrons. The van der Waals surface area contributed by atoms with Gasteiger partial charge in [-0.05, 0) is 87.8 Å². The van der Waals surface area contributed by atoms with Gasteiger partial charge in [0, 0.05) is 171 Å². The van der Waals surface area contributed by atoms with E-state index >= 15 is 0 Å². The maximum Gasteiger partial charge on any atom is 1.00 e. The SMILES string of the molecule is C.CC(C)(C)OC(=O)N1CCc2nc(N3CCN(c4ncc(C(=O)O)c(N)n4)CC3)ncc2C1.CC(C)(C)OC(=O)N1CCc2nc(N3CCNCC3)ncc2C1.CCOC(=O)c1cnc(Cl)nc1N.CCOC(=O)c1cnc(N2CCN(c3ncc4c(n3)CCN(C(=O)OC(C)(C)C)C4)CC2)nc1N.O=CO[O-].[H-].[K+].[K+].[Li+].[OH-]. The number of piperazine rings is 3. The Balaban J connectivity index is 0.000000520. The third kappa shape index (κ3) is 30.0. The fourth-order valence-electron chi connectivity index (χ4n) is 11.2. The van der Waals surface area contributed by atoms with Crippen LogP contribution in [0.5, 0.6) is 0 Å². The van der Waals surface area contributed by atoms with Gasteiger partial charge in [0.15, 0.2) is 0 Å². The van der Waals surface area contributed by atoms with Crippen molar-refractivity contribution < 1.29 is 201 Å². The van der Waals surface area contributed by atoms with Crippen LogP contribution in [0, 0.1) is 0 Å². The molecule has 602 valence electrons. The number of nitrogens with two attached hydrogens (primary N) is 3. The van der Waals surface area contributed by atoms with Gasteiger partial charge in [-0.2, -0.15) is 9.97 Å². The van der Waals surface area contributed by atoms with Crippen molar-refractivity contribution in [3.63, 3.8) is 0 Å². The van der Waals surface area contributed by atoms with Gasteiger partial charge in [-0.15, -0.1) is 0 Å². The number of fused-ring (bicyclic) bond motifs is 3. The quantitative estimate of drug-likeness (QED) is 0.0154. The summed E-state index contributed by atoms with van der Waals surface area (Å²) in [6, 6.07) is 0. The van der Waals surface area contributed by atoms with Crippen LogP contribution in [0.4, 0.5) is 61.6 Å². The molecule has 0 aliphatic carbocycles. The molecule has 3 saturated heterocycles. The van der Waals surface area contributed by atoms with Gasteiger partial charge < -0.3 is 108 Å². The summed E-state index contributed by atoms with van der Waals surface area (Å²) in [6.07, 6.45) is 10.5. The van der Waals surface area contributed by atoms with E-state index in [1.54, 1.807) is 40.9 Å². The summed E-state index contributed by atoms with van der Waals surface area (Å²) in [6.45, 7) is 32.8. The number of aromatic nitrogens is 12. The number of carboxylic acids is 1. The molecule has 0 bridgehead atoms. The summed E-state index contributed by atoms with van der Waals surface area (Å²) in [4.78, 5) is 150. The number of esters is 2. The number of halogens is 1. The molecule has 12 rings (SSSR count). The molecule has 0 spiro atoms. The number of anilines is 8. The minimum atomic E-state index is -1.15. The molecule has 3 amide bonds.